The molecule has 1 aliphatic rings. The predicted octanol–water partition coefficient (Wildman–Crippen LogP) is 3.10. The van der Waals surface area contributed by atoms with Gasteiger partial charge in [-0.25, -0.2) is 0 Å². The lowest BCUT2D eigenvalue weighted by atomic mass is 10.1. The molecular weight excluding hydrogens is 228 g/mol. The van der Waals surface area contributed by atoms with Gasteiger partial charge in [-0.1, -0.05) is 19.4 Å². The van der Waals surface area contributed by atoms with Crippen LogP contribution in [-0.2, 0) is 6.54 Å². The number of thiophene rings is 1. The molecule has 1 aliphatic carbocycles. The summed E-state index contributed by atoms with van der Waals surface area (Å²) in [7, 11) is 2.26. The Morgan fingerprint density at radius 3 is 2.94 bits per heavy atom. The molecule has 1 unspecified atom stereocenters. The second-order valence-electron chi connectivity index (χ2n) is 5.12. The largest absolute Gasteiger partial charge is 0.312 e. The fourth-order valence-corrected chi connectivity index (χ4v) is 2.95. The molecule has 1 aromatic heterocycles. The summed E-state index contributed by atoms with van der Waals surface area (Å²) >= 11 is 1.86. The van der Waals surface area contributed by atoms with E-state index >= 15 is 0 Å². The third-order valence-corrected chi connectivity index (χ3v) is 4.31. The van der Waals surface area contributed by atoms with E-state index in [0.29, 0.717) is 6.04 Å². The zero-order valence-corrected chi connectivity index (χ0v) is 11.8. The molecule has 0 aromatic carbocycles. The number of likely N-dealkylation sites (N-methyl/N-ethyl adjacent to an activating group) is 1. The molecule has 0 aliphatic heterocycles. The van der Waals surface area contributed by atoms with E-state index in [0.717, 1.165) is 19.1 Å². The number of nitrogens with zero attached hydrogens (tertiary/aromatic N) is 1. The van der Waals surface area contributed by atoms with E-state index in [1.54, 1.807) is 0 Å². The SMILES string of the molecule is CCCC(CNC1CC1)N(C)Cc1cccs1. The van der Waals surface area contributed by atoms with Crippen molar-refractivity contribution in [3.8, 4) is 0 Å². The molecule has 2 rings (SSSR count). The third kappa shape index (κ3) is 4.41. The Kier molecular flexibility index (Phi) is 5.01. The van der Waals surface area contributed by atoms with Gasteiger partial charge >= 0.3 is 0 Å². The predicted molar refractivity (Wildman–Crippen MR) is 75.5 cm³/mol. The number of hydrogen-bond donors (Lipinski definition) is 1. The van der Waals surface area contributed by atoms with Crippen LogP contribution in [0.5, 0.6) is 0 Å². The smallest absolute Gasteiger partial charge is 0.0328 e. The summed E-state index contributed by atoms with van der Waals surface area (Å²) in [5, 5.41) is 5.83. The first-order chi connectivity index (χ1) is 8.29. The van der Waals surface area contributed by atoms with Gasteiger partial charge in [0.1, 0.15) is 0 Å². The highest BCUT2D eigenvalue weighted by Crippen LogP contribution is 2.20. The van der Waals surface area contributed by atoms with Crippen LogP contribution < -0.4 is 5.32 Å². The fourth-order valence-electron chi connectivity index (χ4n) is 2.18. The van der Waals surface area contributed by atoms with E-state index in [1.165, 1.54) is 30.6 Å². The number of rotatable bonds is 8. The van der Waals surface area contributed by atoms with Gasteiger partial charge in [0.25, 0.3) is 0 Å². The normalized spacial score (nSPS) is 17.6. The lowest BCUT2D eigenvalue weighted by molar-refractivity contribution is 0.216. The van der Waals surface area contributed by atoms with Gasteiger partial charge in [0.2, 0.25) is 0 Å². The van der Waals surface area contributed by atoms with Crippen LogP contribution in [0.15, 0.2) is 17.5 Å². The molecule has 2 nitrogen and oxygen atoms in total. The Morgan fingerprint density at radius 2 is 2.35 bits per heavy atom. The van der Waals surface area contributed by atoms with Crippen LogP contribution in [0.2, 0.25) is 0 Å². The van der Waals surface area contributed by atoms with E-state index < -0.39 is 0 Å². The van der Waals surface area contributed by atoms with Crippen molar-refractivity contribution >= 4 is 11.3 Å². The zero-order valence-electron chi connectivity index (χ0n) is 11.0. The van der Waals surface area contributed by atoms with Gasteiger partial charge in [0.15, 0.2) is 0 Å². The molecule has 1 atom stereocenters. The second-order valence-corrected chi connectivity index (χ2v) is 6.15. The Labute approximate surface area is 109 Å². The van der Waals surface area contributed by atoms with Crippen LogP contribution in [0.1, 0.15) is 37.5 Å². The van der Waals surface area contributed by atoms with Crippen molar-refractivity contribution in [3.05, 3.63) is 22.4 Å². The summed E-state index contributed by atoms with van der Waals surface area (Å²) < 4.78 is 0. The van der Waals surface area contributed by atoms with Gasteiger partial charge in [0.05, 0.1) is 0 Å². The quantitative estimate of drug-likeness (QED) is 0.765. The minimum atomic E-state index is 0.683. The van der Waals surface area contributed by atoms with Crippen LogP contribution in [0, 0.1) is 0 Å². The molecule has 0 bridgehead atoms. The van der Waals surface area contributed by atoms with Crippen LogP contribution in [0.4, 0.5) is 0 Å². The van der Waals surface area contributed by atoms with Crippen molar-refractivity contribution in [2.24, 2.45) is 0 Å². The molecule has 96 valence electrons. The van der Waals surface area contributed by atoms with Crippen LogP contribution in [0.25, 0.3) is 0 Å². The highest BCUT2D eigenvalue weighted by atomic mass is 32.1. The average Bonchev–Trinajstić information content (AvgIpc) is 3.01. The maximum Gasteiger partial charge on any atom is 0.0328 e. The summed E-state index contributed by atoms with van der Waals surface area (Å²) in [6.45, 7) is 4.53. The molecule has 1 saturated carbocycles. The summed E-state index contributed by atoms with van der Waals surface area (Å²) in [4.78, 5) is 3.98. The van der Waals surface area contributed by atoms with E-state index in [2.05, 4.69) is 41.7 Å². The molecule has 0 spiro atoms. The Bertz CT molecular complexity index is 306. The minimum absolute atomic E-state index is 0.683. The first-order valence-corrected chi connectivity index (χ1v) is 7.63. The molecule has 0 amide bonds. The van der Waals surface area contributed by atoms with Crippen molar-refractivity contribution in [2.75, 3.05) is 13.6 Å². The lowest BCUT2D eigenvalue weighted by Crippen LogP contribution is -2.40. The van der Waals surface area contributed by atoms with Gasteiger partial charge in [-0.15, -0.1) is 11.3 Å². The van der Waals surface area contributed by atoms with Crippen molar-refractivity contribution < 1.29 is 0 Å². The second kappa shape index (κ2) is 6.53. The molecular formula is C14H24N2S. The lowest BCUT2D eigenvalue weighted by Gasteiger charge is -2.28. The van der Waals surface area contributed by atoms with E-state index in [-0.39, 0.29) is 0 Å². The Balaban J connectivity index is 1.79. The van der Waals surface area contributed by atoms with Gasteiger partial charge < -0.3 is 5.32 Å². The topological polar surface area (TPSA) is 15.3 Å². The number of nitrogens with one attached hydrogen (secondary N) is 1. The Hall–Kier alpha value is -0.380. The molecule has 1 heterocycles. The van der Waals surface area contributed by atoms with Crippen molar-refractivity contribution in [2.45, 2.75) is 51.2 Å². The monoisotopic (exact) mass is 252 g/mol. The van der Waals surface area contributed by atoms with Crippen LogP contribution >= 0.6 is 11.3 Å². The molecule has 1 fully saturated rings. The number of hydrogen-bond acceptors (Lipinski definition) is 3. The van der Waals surface area contributed by atoms with Gasteiger partial charge in [-0.3, -0.25) is 4.90 Å². The van der Waals surface area contributed by atoms with Crippen LogP contribution in [-0.4, -0.2) is 30.6 Å². The van der Waals surface area contributed by atoms with Crippen molar-refractivity contribution in [1.29, 1.82) is 0 Å². The first kappa shape index (κ1) is 13.1. The summed E-state index contributed by atoms with van der Waals surface area (Å²) in [6.07, 6.45) is 5.33. The van der Waals surface area contributed by atoms with E-state index in [9.17, 15) is 0 Å². The zero-order chi connectivity index (χ0) is 12.1. The molecule has 1 N–H and O–H groups in total. The summed E-state index contributed by atoms with van der Waals surface area (Å²) in [5.41, 5.74) is 0. The van der Waals surface area contributed by atoms with Crippen molar-refractivity contribution in [1.82, 2.24) is 10.2 Å². The molecule has 17 heavy (non-hydrogen) atoms. The standard InChI is InChI=1S/C14H24N2S/c1-3-5-13(10-15-12-7-8-12)16(2)11-14-6-4-9-17-14/h4,6,9,12-13,15H,3,5,7-8,10-11H2,1-2H3. The van der Waals surface area contributed by atoms with E-state index in [1.807, 2.05) is 11.3 Å². The van der Waals surface area contributed by atoms with Crippen molar-refractivity contribution in [3.63, 3.8) is 0 Å². The summed E-state index contributed by atoms with van der Waals surface area (Å²) in [5.74, 6) is 0. The maximum atomic E-state index is 3.66. The van der Waals surface area contributed by atoms with E-state index in [4.69, 9.17) is 0 Å². The first-order valence-electron chi connectivity index (χ1n) is 6.75. The van der Waals surface area contributed by atoms with Crippen LogP contribution in [0.3, 0.4) is 0 Å². The summed E-state index contributed by atoms with van der Waals surface area (Å²) in [6, 6.07) is 5.89. The Morgan fingerprint density at radius 1 is 1.53 bits per heavy atom. The fraction of sp³-hybridized carbons (Fsp3) is 0.714. The average molecular weight is 252 g/mol. The van der Waals surface area contributed by atoms with Gasteiger partial charge in [0, 0.05) is 30.1 Å². The highest BCUT2D eigenvalue weighted by molar-refractivity contribution is 7.09. The molecule has 0 radical (unpaired) electrons. The third-order valence-electron chi connectivity index (χ3n) is 3.45. The maximum absolute atomic E-state index is 3.66. The highest BCUT2D eigenvalue weighted by Gasteiger charge is 2.23. The minimum Gasteiger partial charge on any atom is -0.312 e. The molecule has 1 aromatic rings. The van der Waals surface area contributed by atoms with Gasteiger partial charge in [-0.05, 0) is 37.8 Å². The van der Waals surface area contributed by atoms with Gasteiger partial charge in [-0.2, -0.15) is 0 Å². The molecule has 0 saturated heterocycles. The molecule has 3 heteroatoms.